The van der Waals surface area contributed by atoms with Gasteiger partial charge in [-0.05, 0) is 29.7 Å². The summed E-state index contributed by atoms with van der Waals surface area (Å²) in [6.45, 7) is 2.92. The Bertz CT molecular complexity index is 735. The van der Waals surface area contributed by atoms with Crippen molar-refractivity contribution >= 4 is 23.4 Å². The van der Waals surface area contributed by atoms with Gasteiger partial charge >= 0.3 is 0 Å². The molecular weight excluding hydrogens is 362 g/mol. The molecule has 0 aromatic heterocycles. The van der Waals surface area contributed by atoms with Crippen LogP contribution in [0.25, 0.3) is 0 Å². The fourth-order valence-corrected chi connectivity index (χ4v) is 3.05. The molecule has 6 heteroatoms. The molecule has 27 heavy (non-hydrogen) atoms. The van der Waals surface area contributed by atoms with Crippen LogP contribution in [0, 0.1) is 0 Å². The van der Waals surface area contributed by atoms with Crippen LogP contribution in [0.2, 0.25) is 5.02 Å². The van der Waals surface area contributed by atoms with Crippen LogP contribution in [0.5, 0.6) is 0 Å². The third-order valence-corrected chi connectivity index (χ3v) is 4.55. The predicted molar refractivity (Wildman–Crippen MR) is 108 cm³/mol. The zero-order valence-electron chi connectivity index (χ0n) is 15.5. The van der Waals surface area contributed by atoms with E-state index in [0.717, 1.165) is 12.0 Å². The first kappa shape index (κ1) is 20.9. The number of nitrogens with two attached hydrogens (primary N) is 1. The largest absolute Gasteiger partial charge is 0.349 e. The minimum Gasteiger partial charge on any atom is -0.349 e. The van der Waals surface area contributed by atoms with E-state index >= 15 is 0 Å². The van der Waals surface area contributed by atoms with E-state index < -0.39 is 6.04 Å². The first-order chi connectivity index (χ1) is 13.0. The van der Waals surface area contributed by atoms with Crippen molar-refractivity contribution in [3.8, 4) is 0 Å². The molecule has 5 nitrogen and oxygen atoms in total. The van der Waals surface area contributed by atoms with Gasteiger partial charge in [0.05, 0.1) is 12.5 Å². The van der Waals surface area contributed by atoms with Crippen molar-refractivity contribution in [1.82, 2.24) is 10.2 Å². The maximum absolute atomic E-state index is 12.9. The van der Waals surface area contributed by atoms with E-state index in [-0.39, 0.29) is 18.2 Å². The van der Waals surface area contributed by atoms with Crippen molar-refractivity contribution < 1.29 is 9.59 Å². The molecule has 0 aliphatic carbocycles. The molecule has 0 bridgehead atoms. The van der Waals surface area contributed by atoms with Crippen LogP contribution in [0.4, 0.5) is 0 Å². The summed E-state index contributed by atoms with van der Waals surface area (Å²) in [5.41, 5.74) is 7.71. The molecule has 2 amide bonds. The van der Waals surface area contributed by atoms with Crippen LogP contribution in [-0.4, -0.2) is 36.3 Å². The van der Waals surface area contributed by atoms with Gasteiger partial charge in [0.25, 0.3) is 0 Å². The number of carbonyl (C=O) groups excluding carboxylic acids is 2. The molecule has 2 rings (SSSR count). The monoisotopic (exact) mass is 387 g/mol. The molecule has 0 radical (unpaired) electrons. The van der Waals surface area contributed by atoms with Gasteiger partial charge in [-0.3, -0.25) is 9.59 Å². The Morgan fingerprint density at radius 1 is 1.07 bits per heavy atom. The maximum atomic E-state index is 12.9. The van der Waals surface area contributed by atoms with E-state index in [1.54, 1.807) is 17.0 Å². The molecule has 0 saturated heterocycles. The second-order valence-electron chi connectivity index (χ2n) is 6.41. The molecule has 0 aliphatic rings. The zero-order valence-corrected chi connectivity index (χ0v) is 16.3. The molecule has 144 valence electrons. The molecule has 0 spiro atoms. The van der Waals surface area contributed by atoms with Crippen LogP contribution in [0.3, 0.4) is 0 Å². The van der Waals surface area contributed by atoms with Crippen molar-refractivity contribution in [1.29, 1.82) is 0 Å². The zero-order chi connectivity index (χ0) is 19.6. The molecule has 0 saturated carbocycles. The van der Waals surface area contributed by atoms with Crippen LogP contribution in [-0.2, 0) is 16.0 Å². The van der Waals surface area contributed by atoms with Gasteiger partial charge in [-0.2, -0.15) is 0 Å². The van der Waals surface area contributed by atoms with Gasteiger partial charge in [0.2, 0.25) is 11.8 Å². The number of nitrogens with zero attached hydrogens (tertiary/aromatic N) is 1. The van der Waals surface area contributed by atoms with Gasteiger partial charge in [0.15, 0.2) is 0 Å². The Morgan fingerprint density at radius 3 is 2.33 bits per heavy atom. The number of benzene rings is 2. The quantitative estimate of drug-likeness (QED) is 0.694. The lowest BCUT2D eigenvalue weighted by molar-refractivity contribution is -0.132. The third-order valence-electron chi connectivity index (χ3n) is 4.29. The molecule has 2 aromatic rings. The fourth-order valence-electron chi connectivity index (χ4n) is 2.92. The predicted octanol–water partition coefficient (Wildman–Crippen LogP) is 2.94. The molecule has 2 aromatic carbocycles. The van der Waals surface area contributed by atoms with Crippen LogP contribution >= 0.6 is 11.6 Å². The summed E-state index contributed by atoms with van der Waals surface area (Å²) >= 11 is 5.94. The van der Waals surface area contributed by atoms with Crippen molar-refractivity contribution in [2.45, 2.75) is 25.8 Å². The van der Waals surface area contributed by atoms with Gasteiger partial charge in [-0.25, -0.2) is 0 Å². The van der Waals surface area contributed by atoms with E-state index in [0.29, 0.717) is 24.7 Å². The molecule has 0 fully saturated rings. The number of hydrogen-bond acceptors (Lipinski definition) is 3. The van der Waals surface area contributed by atoms with Gasteiger partial charge in [-0.15, -0.1) is 0 Å². The molecular formula is C21H26ClN3O2. The number of carbonyl (C=O) groups is 2. The molecule has 3 N–H and O–H groups in total. The number of nitrogens with one attached hydrogen (secondary N) is 1. The summed E-state index contributed by atoms with van der Waals surface area (Å²) in [7, 11) is 0. The number of rotatable bonds is 9. The summed E-state index contributed by atoms with van der Waals surface area (Å²) < 4.78 is 0. The van der Waals surface area contributed by atoms with E-state index in [9.17, 15) is 9.59 Å². The minimum absolute atomic E-state index is 0.0370. The van der Waals surface area contributed by atoms with Gasteiger partial charge < -0.3 is 16.0 Å². The summed E-state index contributed by atoms with van der Waals surface area (Å²) in [6.07, 6.45) is 0.939. The molecule has 1 atom stereocenters. The lowest BCUT2D eigenvalue weighted by atomic mass is 10.0. The molecule has 0 heterocycles. The standard InChI is InChI=1S/C21H26ClN3O2/c1-16(26)24-20(18-7-9-19(22)10-8-18)15-21(27)25(14-12-23)13-11-17-5-3-2-4-6-17/h2-10,20H,11-15,23H2,1H3,(H,24,26). The highest BCUT2D eigenvalue weighted by atomic mass is 35.5. The average Bonchev–Trinajstić information content (AvgIpc) is 2.65. The first-order valence-corrected chi connectivity index (χ1v) is 9.41. The van der Waals surface area contributed by atoms with Crippen LogP contribution in [0.15, 0.2) is 54.6 Å². The minimum atomic E-state index is -0.399. The molecule has 1 unspecified atom stereocenters. The Kier molecular flexibility index (Phi) is 8.30. The van der Waals surface area contributed by atoms with Crippen molar-refractivity contribution in [2.24, 2.45) is 5.73 Å². The van der Waals surface area contributed by atoms with Crippen molar-refractivity contribution in [3.05, 3.63) is 70.7 Å². The Balaban J connectivity index is 2.06. The average molecular weight is 388 g/mol. The Morgan fingerprint density at radius 2 is 1.74 bits per heavy atom. The maximum Gasteiger partial charge on any atom is 0.225 e. The fraction of sp³-hybridized carbons (Fsp3) is 0.333. The Hall–Kier alpha value is -2.37. The second-order valence-corrected chi connectivity index (χ2v) is 6.85. The topological polar surface area (TPSA) is 75.4 Å². The molecule has 0 aliphatic heterocycles. The smallest absolute Gasteiger partial charge is 0.225 e. The summed E-state index contributed by atoms with van der Waals surface area (Å²) in [5, 5.41) is 3.47. The second kappa shape index (κ2) is 10.7. The summed E-state index contributed by atoms with van der Waals surface area (Å²) in [4.78, 5) is 26.2. The third kappa shape index (κ3) is 7.04. The summed E-state index contributed by atoms with van der Waals surface area (Å²) in [5.74, 6) is -0.220. The van der Waals surface area contributed by atoms with Crippen LogP contribution in [0.1, 0.15) is 30.5 Å². The van der Waals surface area contributed by atoms with Crippen molar-refractivity contribution in [2.75, 3.05) is 19.6 Å². The van der Waals surface area contributed by atoms with E-state index in [1.165, 1.54) is 12.5 Å². The highest BCUT2D eigenvalue weighted by Gasteiger charge is 2.21. The number of hydrogen-bond donors (Lipinski definition) is 2. The highest BCUT2D eigenvalue weighted by molar-refractivity contribution is 6.30. The van der Waals surface area contributed by atoms with Gasteiger partial charge in [0, 0.05) is 31.6 Å². The van der Waals surface area contributed by atoms with Gasteiger partial charge in [0.1, 0.15) is 0 Å². The lowest BCUT2D eigenvalue weighted by Crippen LogP contribution is -2.39. The number of amides is 2. The number of halogens is 1. The van der Waals surface area contributed by atoms with E-state index in [2.05, 4.69) is 5.32 Å². The van der Waals surface area contributed by atoms with E-state index in [4.69, 9.17) is 17.3 Å². The normalized spacial score (nSPS) is 11.7. The van der Waals surface area contributed by atoms with Gasteiger partial charge in [-0.1, -0.05) is 54.1 Å². The first-order valence-electron chi connectivity index (χ1n) is 9.04. The Labute approximate surface area is 165 Å². The lowest BCUT2D eigenvalue weighted by Gasteiger charge is -2.25. The van der Waals surface area contributed by atoms with Crippen molar-refractivity contribution in [3.63, 3.8) is 0 Å². The van der Waals surface area contributed by atoms with Crippen LogP contribution < -0.4 is 11.1 Å². The summed E-state index contributed by atoms with van der Waals surface area (Å²) in [6, 6.07) is 16.8. The SMILES string of the molecule is CC(=O)NC(CC(=O)N(CCN)CCc1ccccc1)c1ccc(Cl)cc1. The highest BCUT2D eigenvalue weighted by Crippen LogP contribution is 2.20. The van der Waals surface area contributed by atoms with E-state index in [1.807, 2.05) is 42.5 Å².